The second-order valence-corrected chi connectivity index (χ2v) is 6.76. The molecule has 5 heteroatoms. The van der Waals surface area contributed by atoms with Gasteiger partial charge >= 0.3 is 0 Å². The summed E-state index contributed by atoms with van der Waals surface area (Å²) < 4.78 is 18.8. The van der Waals surface area contributed by atoms with Gasteiger partial charge in [-0.2, -0.15) is 0 Å². The second kappa shape index (κ2) is 7.19. The van der Waals surface area contributed by atoms with Crippen LogP contribution < -0.4 is 10.1 Å². The van der Waals surface area contributed by atoms with Gasteiger partial charge in [0.15, 0.2) is 0 Å². The molecule has 1 aromatic heterocycles. The van der Waals surface area contributed by atoms with Gasteiger partial charge in [-0.1, -0.05) is 12.1 Å². The van der Waals surface area contributed by atoms with Crippen molar-refractivity contribution in [1.82, 2.24) is 4.98 Å². The number of halogens is 1. The van der Waals surface area contributed by atoms with Crippen LogP contribution in [0.15, 0.2) is 67.0 Å². The van der Waals surface area contributed by atoms with Crippen molar-refractivity contribution in [3.63, 3.8) is 0 Å². The molecule has 0 saturated heterocycles. The Kier molecular flexibility index (Phi) is 4.59. The van der Waals surface area contributed by atoms with Gasteiger partial charge in [0.2, 0.25) is 5.91 Å². The molecule has 4 rings (SSSR count). The van der Waals surface area contributed by atoms with Crippen molar-refractivity contribution in [2.75, 3.05) is 5.32 Å². The van der Waals surface area contributed by atoms with Crippen LogP contribution in [0.4, 0.5) is 10.1 Å². The number of nitrogens with zero attached hydrogens (tertiary/aromatic N) is 1. The Bertz CT molecular complexity index is 958. The maximum absolute atomic E-state index is 13.0. The number of ether oxygens (including phenoxy) is 1. The Hall–Kier alpha value is -3.21. The van der Waals surface area contributed by atoms with Crippen molar-refractivity contribution in [3.05, 3.63) is 83.9 Å². The molecule has 1 aliphatic carbocycles. The van der Waals surface area contributed by atoms with E-state index in [0.717, 1.165) is 29.0 Å². The summed E-state index contributed by atoms with van der Waals surface area (Å²) in [7, 11) is 0. The van der Waals surface area contributed by atoms with Crippen molar-refractivity contribution < 1.29 is 13.9 Å². The van der Waals surface area contributed by atoms with Crippen LogP contribution in [0.3, 0.4) is 0 Å². The van der Waals surface area contributed by atoms with E-state index in [1.165, 1.54) is 12.1 Å². The Morgan fingerprint density at radius 3 is 2.70 bits per heavy atom. The molecule has 1 N–H and O–H groups in total. The fourth-order valence-electron chi connectivity index (χ4n) is 3.17. The van der Waals surface area contributed by atoms with E-state index in [1.807, 2.05) is 37.3 Å². The Morgan fingerprint density at radius 2 is 2.00 bits per heavy atom. The number of carbonyl (C=O) groups excluding carboxylic acids is 1. The third-order valence-corrected chi connectivity index (χ3v) is 4.73. The summed E-state index contributed by atoms with van der Waals surface area (Å²) in [5, 5.41) is 2.97. The zero-order valence-corrected chi connectivity index (χ0v) is 14.9. The maximum Gasteiger partial charge on any atom is 0.228 e. The van der Waals surface area contributed by atoms with E-state index in [4.69, 9.17) is 4.74 Å². The SMILES string of the molecule is Cc1cc(NC(=O)[C@H]2C[C@H]2c2ccc(F)cc2)ccc1Oc1cccnc1. The molecule has 0 aliphatic heterocycles. The van der Waals surface area contributed by atoms with E-state index in [2.05, 4.69) is 10.3 Å². The first-order valence-electron chi connectivity index (χ1n) is 8.85. The summed E-state index contributed by atoms with van der Waals surface area (Å²) in [6.07, 6.45) is 4.13. The quantitative estimate of drug-likeness (QED) is 0.690. The standard InChI is InChI=1S/C22H19FN2O2/c1-14-11-17(8-9-21(14)27-18-3-2-10-24-13-18)25-22(26)20-12-19(20)15-4-6-16(23)7-5-15/h2-11,13,19-20H,12H2,1H3,(H,25,26)/t19-,20-/m0/s1. The van der Waals surface area contributed by atoms with E-state index in [-0.39, 0.29) is 23.6 Å². The third-order valence-electron chi connectivity index (χ3n) is 4.73. The molecule has 0 unspecified atom stereocenters. The molecular weight excluding hydrogens is 343 g/mol. The van der Waals surface area contributed by atoms with Crippen molar-refractivity contribution in [2.45, 2.75) is 19.3 Å². The molecule has 4 nitrogen and oxygen atoms in total. The monoisotopic (exact) mass is 362 g/mol. The lowest BCUT2D eigenvalue weighted by Gasteiger charge is -2.11. The molecule has 1 heterocycles. The van der Waals surface area contributed by atoms with Gasteiger partial charge in [0, 0.05) is 17.8 Å². The molecule has 27 heavy (non-hydrogen) atoms. The molecule has 1 amide bonds. The molecule has 0 radical (unpaired) electrons. The smallest absolute Gasteiger partial charge is 0.228 e. The predicted octanol–water partition coefficient (Wildman–Crippen LogP) is 5.06. The van der Waals surface area contributed by atoms with Gasteiger partial charge in [-0.05, 0) is 72.9 Å². The van der Waals surface area contributed by atoms with Crippen molar-refractivity contribution in [2.24, 2.45) is 5.92 Å². The minimum Gasteiger partial charge on any atom is -0.455 e. The molecular formula is C22H19FN2O2. The number of anilines is 1. The largest absolute Gasteiger partial charge is 0.455 e. The first kappa shape index (κ1) is 17.2. The topological polar surface area (TPSA) is 51.2 Å². The van der Waals surface area contributed by atoms with Crippen LogP contribution in [-0.4, -0.2) is 10.9 Å². The number of hydrogen-bond acceptors (Lipinski definition) is 3. The van der Waals surface area contributed by atoms with Crippen LogP contribution in [0.2, 0.25) is 0 Å². The molecule has 1 saturated carbocycles. The lowest BCUT2D eigenvalue weighted by Crippen LogP contribution is -2.14. The lowest BCUT2D eigenvalue weighted by atomic mass is 10.1. The number of rotatable bonds is 5. The van der Waals surface area contributed by atoms with Crippen LogP contribution >= 0.6 is 0 Å². The van der Waals surface area contributed by atoms with E-state index in [9.17, 15) is 9.18 Å². The van der Waals surface area contributed by atoms with E-state index < -0.39 is 0 Å². The first-order valence-corrected chi connectivity index (χ1v) is 8.85. The summed E-state index contributed by atoms with van der Waals surface area (Å²) >= 11 is 0. The van der Waals surface area contributed by atoms with E-state index >= 15 is 0 Å². The van der Waals surface area contributed by atoms with Gasteiger partial charge < -0.3 is 10.1 Å². The van der Waals surface area contributed by atoms with Gasteiger partial charge in [0.1, 0.15) is 17.3 Å². The highest BCUT2D eigenvalue weighted by atomic mass is 19.1. The van der Waals surface area contributed by atoms with Gasteiger partial charge in [-0.25, -0.2) is 4.39 Å². The summed E-state index contributed by atoms with van der Waals surface area (Å²) in [6, 6.07) is 15.6. The fraction of sp³-hybridized carbons (Fsp3) is 0.182. The molecule has 0 bridgehead atoms. The van der Waals surface area contributed by atoms with Gasteiger partial charge in [-0.3, -0.25) is 9.78 Å². The number of aromatic nitrogens is 1. The molecule has 1 fully saturated rings. The number of amides is 1. The Morgan fingerprint density at radius 1 is 1.19 bits per heavy atom. The van der Waals surface area contributed by atoms with E-state index in [1.54, 1.807) is 24.5 Å². The molecule has 136 valence electrons. The Labute approximate surface area is 157 Å². The van der Waals surface area contributed by atoms with Crippen LogP contribution in [0.25, 0.3) is 0 Å². The zero-order chi connectivity index (χ0) is 18.8. The number of aryl methyl sites for hydroxylation is 1. The number of nitrogens with one attached hydrogen (secondary N) is 1. The third kappa shape index (κ3) is 3.97. The van der Waals surface area contributed by atoms with Gasteiger partial charge in [0.25, 0.3) is 0 Å². The summed E-state index contributed by atoms with van der Waals surface area (Å²) in [5.74, 6) is 1.21. The van der Waals surface area contributed by atoms with Crippen LogP contribution in [-0.2, 0) is 4.79 Å². The van der Waals surface area contributed by atoms with Crippen molar-refractivity contribution >= 4 is 11.6 Å². The van der Waals surface area contributed by atoms with Crippen LogP contribution in [0, 0.1) is 18.7 Å². The normalized spacial score (nSPS) is 18.0. The number of pyridine rings is 1. The number of benzene rings is 2. The van der Waals surface area contributed by atoms with Gasteiger partial charge in [0.05, 0.1) is 6.20 Å². The van der Waals surface area contributed by atoms with Gasteiger partial charge in [-0.15, -0.1) is 0 Å². The molecule has 2 aromatic carbocycles. The summed E-state index contributed by atoms with van der Waals surface area (Å²) in [4.78, 5) is 16.5. The minimum absolute atomic E-state index is 0.00958. The average Bonchev–Trinajstić information content (AvgIpc) is 3.46. The molecule has 0 spiro atoms. The van der Waals surface area contributed by atoms with Crippen LogP contribution in [0.5, 0.6) is 11.5 Å². The minimum atomic E-state index is -0.260. The highest BCUT2D eigenvalue weighted by Gasteiger charge is 2.43. The summed E-state index contributed by atoms with van der Waals surface area (Å²) in [5.41, 5.74) is 2.66. The highest BCUT2D eigenvalue weighted by molar-refractivity contribution is 5.95. The van der Waals surface area contributed by atoms with Crippen molar-refractivity contribution in [1.29, 1.82) is 0 Å². The second-order valence-electron chi connectivity index (χ2n) is 6.76. The van der Waals surface area contributed by atoms with Crippen LogP contribution in [0.1, 0.15) is 23.5 Å². The highest BCUT2D eigenvalue weighted by Crippen LogP contribution is 2.48. The molecule has 3 aromatic rings. The fourth-order valence-corrected chi connectivity index (χ4v) is 3.17. The Balaban J connectivity index is 1.39. The van der Waals surface area contributed by atoms with E-state index in [0.29, 0.717) is 5.75 Å². The molecule has 1 aliphatic rings. The zero-order valence-electron chi connectivity index (χ0n) is 14.9. The van der Waals surface area contributed by atoms with Crippen molar-refractivity contribution in [3.8, 4) is 11.5 Å². The lowest BCUT2D eigenvalue weighted by molar-refractivity contribution is -0.117. The predicted molar refractivity (Wildman–Crippen MR) is 101 cm³/mol. The number of carbonyl (C=O) groups is 1. The first-order chi connectivity index (χ1) is 13.1. The average molecular weight is 362 g/mol. The maximum atomic E-state index is 13.0. The summed E-state index contributed by atoms with van der Waals surface area (Å²) in [6.45, 7) is 1.93. The number of hydrogen-bond donors (Lipinski definition) is 1. The molecule has 2 atom stereocenters.